The van der Waals surface area contributed by atoms with Crippen LogP contribution in [0.15, 0.2) is 9.52 Å². The topological polar surface area (TPSA) is 80.9 Å². The van der Waals surface area contributed by atoms with E-state index in [9.17, 15) is 0 Å². The highest BCUT2D eigenvalue weighted by Crippen LogP contribution is 2.15. The van der Waals surface area contributed by atoms with Crippen LogP contribution in [0.1, 0.15) is 50.1 Å². The zero-order valence-electron chi connectivity index (χ0n) is 16.5. The summed E-state index contributed by atoms with van der Waals surface area (Å²) in [6.45, 7) is 9.06. The van der Waals surface area contributed by atoms with E-state index in [1.807, 2.05) is 0 Å². The molecule has 0 spiro atoms. The lowest BCUT2D eigenvalue weighted by Gasteiger charge is -2.21. The van der Waals surface area contributed by atoms with Crippen molar-refractivity contribution in [3.8, 4) is 0 Å². The van der Waals surface area contributed by atoms with Gasteiger partial charge in [-0.2, -0.15) is 0 Å². The van der Waals surface area contributed by atoms with Crippen molar-refractivity contribution in [2.24, 2.45) is 10.9 Å². The average molecular weight is 367 g/mol. The number of aromatic nitrogens is 1. The second-order valence-electron chi connectivity index (χ2n) is 6.57. The van der Waals surface area contributed by atoms with Gasteiger partial charge in [0, 0.05) is 58.5 Å². The van der Waals surface area contributed by atoms with E-state index in [-0.39, 0.29) is 0 Å². The molecule has 26 heavy (non-hydrogen) atoms. The van der Waals surface area contributed by atoms with Crippen molar-refractivity contribution in [1.29, 1.82) is 0 Å². The minimum atomic E-state index is 0.662. The molecule has 0 bridgehead atoms. The van der Waals surface area contributed by atoms with Crippen LogP contribution in [0, 0.1) is 5.92 Å². The molecule has 2 heterocycles. The van der Waals surface area contributed by atoms with Crippen LogP contribution >= 0.6 is 0 Å². The maximum Gasteiger partial charge on any atom is 0.191 e. The number of nitrogens with one attached hydrogen (secondary N) is 2. The zero-order valence-corrected chi connectivity index (χ0v) is 16.5. The maximum atomic E-state index is 5.79. The van der Waals surface area contributed by atoms with Crippen molar-refractivity contribution >= 4 is 5.96 Å². The molecule has 0 atom stereocenters. The SMILES string of the molecule is CCc1noc(CC)c1CNC(=NC)NCCCOCC1CCOCC1. The Bertz CT molecular complexity index is 517. The zero-order chi connectivity index (χ0) is 18.6. The predicted molar refractivity (Wildman–Crippen MR) is 102 cm³/mol. The molecular formula is C19H34N4O3. The lowest BCUT2D eigenvalue weighted by molar-refractivity contribution is 0.0203. The van der Waals surface area contributed by atoms with Gasteiger partial charge in [0.25, 0.3) is 0 Å². The highest BCUT2D eigenvalue weighted by Gasteiger charge is 2.14. The highest BCUT2D eigenvalue weighted by molar-refractivity contribution is 5.79. The number of ether oxygens (including phenoxy) is 2. The van der Waals surface area contributed by atoms with Gasteiger partial charge in [0.05, 0.1) is 5.69 Å². The number of nitrogens with zero attached hydrogens (tertiary/aromatic N) is 2. The lowest BCUT2D eigenvalue weighted by atomic mass is 10.0. The van der Waals surface area contributed by atoms with Crippen LogP contribution in [-0.2, 0) is 28.9 Å². The summed E-state index contributed by atoms with van der Waals surface area (Å²) in [4.78, 5) is 4.28. The van der Waals surface area contributed by atoms with E-state index in [0.717, 1.165) is 88.1 Å². The first-order valence-electron chi connectivity index (χ1n) is 9.84. The largest absolute Gasteiger partial charge is 0.381 e. The molecule has 2 rings (SSSR count). The van der Waals surface area contributed by atoms with Crippen LogP contribution < -0.4 is 10.6 Å². The summed E-state index contributed by atoms with van der Waals surface area (Å²) in [5.41, 5.74) is 2.17. The van der Waals surface area contributed by atoms with Gasteiger partial charge < -0.3 is 24.6 Å². The van der Waals surface area contributed by atoms with Gasteiger partial charge in [0.15, 0.2) is 5.96 Å². The Balaban J connectivity index is 1.61. The highest BCUT2D eigenvalue weighted by atomic mass is 16.5. The Labute approximate surface area is 156 Å². The Morgan fingerprint density at radius 3 is 2.73 bits per heavy atom. The normalized spacial score (nSPS) is 16.0. The molecule has 0 radical (unpaired) electrons. The Morgan fingerprint density at radius 1 is 1.23 bits per heavy atom. The summed E-state index contributed by atoms with van der Waals surface area (Å²) in [6.07, 6.45) is 4.92. The third-order valence-electron chi connectivity index (χ3n) is 4.72. The van der Waals surface area contributed by atoms with Gasteiger partial charge >= 0.3 is 0 Å². The fourth-order valence-corrected chi connectivity index (χ4v) is 3.07. The van der Waals surface area contributed by atoms with Crippen LogP contribution in [-0.4, -0.2) is 51.1 Å². The van der Waals surface area contributed by atoms with E-state index < -0.39 is 0 Å². The van der Waals surface area contributed by atoms with E-state index in [1.165, 1.54) is 0 Å². The van der Waals surface area contributed by atoms with Crippen LogP contribution in [0.5, 0.6) is 0 Å². The fraction of sp³-hybridized carbons (Fsp3) is 0.789. The molecule has 0 aromatic carbocycles. The van der Waals surface area contributed by atoms with Gasteiger partial charge in [0.1, 0.15) is 5.76 Å². The van der Waals surface area contributed by atoms with Crippen LogP contribution in [0.3, 0.4) is 0 Å². The molecule has 7 nitrogen and oxygen atoms in total. The van der Waals surface area contributed by atoms with Crippen LogP contribution in [0.25, 0.3) is 0 Å². The van der Waals surface area contributed by atoms with Gasteiger partial charge in [-0.05, 0) is 31.6 Å². The summed E-state index contributed by atoms with van der Waals surface area (Å²) in [5.74, 6) is 2.40. The van der Waals surface area contributed by atoms with E-state index >= 15 is 0 Å². The van der Waals surface area contributed by atoms with Crippen molar-refractivity contribution in [1.82, 2.24) is 15.8 Å². The van der Waals surface area contributed by atoms with Gasteiger partial charge in [-0.25, -0.2) is 0 Å². The average Bonchev–Trinajstić information content (AvgIpc) is 3.09. The molecule has 2 N–H and O–H groups in total. The molecular weight excluding hydrogens is 332 g/mol. The van der Waals surface area contributed by atoms with Gasteiger partial charge in [-0.15, -0.1) is 0 Å². The molecule has 1 aliphatic rings. The van der Waals surface area contributed by atoms with E-state index in [2.05, 4.69) is 34.6 Å². The number of hydrogen-bond acceptors (Lipinski definition) is 5. The first-order valence-corrected chi connectivity index (χ1v) is 9.84. The second kappa shape index (κ2) is 11.9. The number of aliphatic imine (C=N–C) groups is 1. The van der Waals surface area contributed by atoms with Crippen molar-refractivity contribution < 1.29 is 14.0 Å². The van der Waals surface area contributed by atoms with Crippen molar-refractivity contribution in [2.45, 2.75) is 52.5 Å². The van der Waals surface area contributed by atoms with Gasteiger partial charge in [-0.1, -0.05) is 19.0 Å². The molecule has 0 aliphatic carbocycles. The fourth-order valence-electron chi connectivity index (χ4n) is 3.07. The van der Waals surface area contributed by atoms with E-state index in [0.29, 0.717) is 12.5 Å². The van der Waals surface area contributed by atoms with E-state index in [1.54, 1.807) is 7.05 Å². The summed E-state index contributed by atoms with van der Waals surface area (Å²) in [7, 11) is 1.78. The number of guanidine groups is 1. The smallest absolute Gasteiger partial charge is 0.191 e. The third-order valence-corrected chi connectivity index (χ3v) is 4.72. The standard InChI is InChI=1S/C19H34N4O3/c1-4-17-16(18(5-2)26-23-17)13-22-19(20-3)21-9-6-10-25-14-15-7-11-24-12-8-15/h15H,4-14H2,1-3H3,(H2,20,21,22). The molecule has 0 saturated carbocycles. The molecule has 1 fully saturated rings. The van der Waals surface area contributed by atoms with Crippen molar-refractivity contribution in [3.05, 3.63) is 17.0 Å². The molecule has 0 amide bonds. The van der Waals surface area contributed by atoms with Crippen molar-refractivity contribution in [3.63, 3.8) is 0 Å². The number of aryl methyl sites for hydroxylation is 2. The van der Waals surface area contributed by atoms with Gasteiger partial charge in [-0.3, -0.25) is 4.99 Å². The van der Waals surface area contributed by atoms with Crippen molar-refractivity contribution in [2.75, 3.05) is 40.0 Å². The van der Waals surface area contributed by atoms with Crippen LogP contribution in [0.4, 0.5) is 0 Å². The quantitative estimate of drug-likeness (QED) is 0.376. The van der Waals surface area contributed by atoms with Crippen LogP contribution in [0.2, 0.25) is 0 Å². The maximum absolute atomic E-state index is 5.79. The molecule has 0 unspecified atom stereocenters. The third kappa shape index (κ3) is 6.61. The summed E-state index contributed by atoms with van der Waals surface area (Å²) in [5, 5.41) is 10.8. The van der Waals surface area contributed by atoms with E-state index in [4.69, 9.17) is 14.0 Å². The molecule has 7 heteroatoms. The number of rotatable bonds is 10. The summed E-state index contributed by atoms with van der Waals surface area (Å²) >= 11 is 0. The molecule has 148 valence electrons. The molecule has 1 saturated heterocycles. The minimum absolute atomic E-state index is 0.662. The molecule has 1 aromatic heterocycles. The first kappa shape index (κ1) is 20.7. The summed E-state index contributed by atoms with van der Waals surface area (Å²) < 4.78 is 16.6. The molecule has 1 aliphatic heterocycles. The minimum Gasteiger partial charge on any atom is -0.381 e. The Morgan fingerprint density at radius 2 is 2.04 bits per heavy atom. The second-order valence-corrected chi connectivity index (χ2v) is 6.57. The molecule has 1 aromatic rings. The monoisotopic (exact) mass is 366 g/mol. The number of hydrogen-bond donors (Lipinski definition) is 2. The van der Waals surface area contributed by atoms with Gasteiger partial charge in [0.2, 0.25) is 0 Å². The predicted octanol–water partition coefficient (Wildman–Crippen LogP) is 2.30. The Kier molecular flexibility index (Phi) is 9.48. The lowest BCUT2D eigenvalue weighted by Crippen LogP contribution is -2.37. The summed E-state index contributed by atoms with van der Waals surface area (Å²) in [6, 6.07) is 0. The Hall–Kier alpha value is -1.60. The first-order chi connectivity index (χ1) is 12.8.